The third-order valence-corrected chi connectivity index (χ3v) is 4.25. The van der Waals surface area contributed by atoms with E-state index in [-0.39, 0.29) is 11.7 Å². The molecule has 1 N–H and O–H groups in total. The Labute approximate surface area is 140 Å². The molecule has 0 atom stereocenters. The van der Waals surface area contributed by atoms with Crippen molar-refractivity contribution in [3.63, 3.8) is 0 Å². The molecule has 1 aliphatic rings. The number of ether oxygens (including phenoxy) is 1. The monoisotopic (exact) mass is 332 g/mol. The second kappa shape index (κ2) is 7.55. The Morgan fingerprint density at radius 1 is 1.33 bits per heavy atom. The maximum Gasteiger partial charge on any atom is 0.257 e. The Morgan fingerprint density at radius 2 is 2.12 bits per heavy atom. The Bertz CT molecular complexity index is 695. The number of carbonyl (C=O) groups is 1. The zero-order valence-electron chi connectivity index (χ0n) is 13.7. The molecule has 1 saturated heterocycles. The number of hydrogen-bond acceptors (Lipinski definition) is 4. The summed E-state index contributed by atoms with van der Waals surface area (Å²) in [6, 6.07) is 6.15. The van der Waals surface area contributed by atoms with E-state index in [1.165, 1.54) is 18.3 Å². The lowest BCUT2D eigenvalue weighted by atomic mass is 10.1. The number of methoxy groups -OCH3 is 1. The molecule has 24 heavy (non-hydrogen) atoms. The number of amides is 1. The third-order valence-electron chi connectivity index (χ3n) is 4.25. The van der Waals surface area contributed by atoms with Crippen LogP contribution in [-0.4, -0.2) is 72.3 Å². The van der Waals surface area contributed by atoms with Crippen LogP contribution in [0.15, 0.2) is 30.5 Å². The second-order valence-corrected chi connectivity index (χ2v) is 5.80. The van der Waals surface area contributed by atoms with Crippen molar-refractivity contribution in [3.8, 4) is 11.3 Å². The Balaban J connectivity index is 1.70. The molecule has 2 aromatic rings. The molecule has 2 heterocycles. The zero-order chi connectivity index (χ0) is 16.9. The predicted molar refractivity (Wildman–Crippen MR) is 88.2 cm³/mol. The normalized spacial score (nSPS) is 15.7. The highest BCUT2D eigenvalue weighted by Crippen LogP contribution is 2.23. The van der Waals surface area contributed by atoms with E-state index in [1.54, 1.807) is 19.2 Å². The van der Waals surface area contributed by atoms with Gasteiger partial charge in [-0.2, -0.15) is 5.10 Å². The summed E-state index contributed by atoms with van der Waals surface area (Å²) in [4.78, 5) is 16.9. The fourth-order valence-corrected chi connectivity index (χ4v) is 2.88. The SMILES string of the molecule is COCCN1CCN(C(=O)c2cn[nH]c2-c2cccc(F)c2)CC1. The van der Waals surface area contributed by atoms with Crippen molar-refractivity contribution >= 4 is 5.91 Å². The van der Waals surface area contributed by atoms with Gasteiger partial charge in [0.1, 0.15) is 5.82 Å². The Hall–Kier alpha value is -2.25. The first-order valence-electron chi connectivity index (χ1n) is 7.99. The number of nitrogens with one attached hydrogen (secondary N) is 1. The van der Waals surface area contributed by atoms with Crippen molar-refractivity contribution in [1.29, 1.82) is 0 Å². The van der Waals surface area contributed by atoms with E-state index in [1.807, 2.05) is 4.90 Å². The molecule has 6 nitrogen and oxygen atoms in total. The number of carbonyl (C=O) groups excluding carboxylic acids is 1. The Kier molecular flexibility index (Phi) is 5.22. The maximum atomic E-state index is 13.4. The van der Waals surface area contributed by atoms with Gasteiger partial charge in [-0.3, -0.25) is 14.8 Å². The minimum absolute atomic E-state index is 0.0746. The van der Waals surface area contributed by atoms with Crippen LogP contribution in [0.3, 0.4) is 0 Å². The smallest absolute Gasteiger partial charge is 0.257 e. The Morgan fingerprint density at radius 3 is 2.83 bits per heavy atom. The van der Waals surface area contributed by atoms with Gasteiger partial charge in [0.2, 0.25) is 0 Å². The number of aromatic nitrogens is 2. The quantitative estimate of drug-likeness (QED) is 0.904. The van der Waals surface area contributed by atoms with Gasteiger partial charge in [-0.25, -0.2) is 4.39 Å². The van der Waals surface area contributed by atoms with Gasteiger partial charge in [0.15, 0.2) is 0 Å². The van der Waals surface area contributed by atoms with Gasteiger partial charge >= 0.3 is 0 Å². The molecule has 7 heteroatoms. The highest BCUT2D eigenvalue weighted by Gasteiger charge is 2.25. The predicted octanol–water partition coefficient (Wildman–Crippen LogP) is 1.62. The van der Waals surface area contributed by atoms with Crippen molar-refractivity contribution < 1.29 is 13.9 Å². The molecular weight excluding hydrogens is 311 g/mol. The number of halogens is 1. The molecular formula is C17H21FN4O2. The molecule has 1 aromatic heterocycles. The first-order valence-corrected chi connectivity index (χ1v) is 7.99. The van der Waals surface area contributed by atoms with Gasteiger partial charge in [-0.1, -0.05) is 12.1 Å². The molecule has 1 aliphatic heterocycles. The van der Waals surface area contributed by atoms with Gasteiger partial charge in [-0.15, -0.1) is 0 Å². The van der Waals surface area contributed by atoms with Gasteiger partial charge < -0.3 is 9.64 Å². The van der Waals surface area contributed by atoms with Gasteiger partial charge in [0.05, 0.1) is 24.1 Å². The maximum absolute atomic E-state index is 13.4. The molecule has 0 unspecified atom stereocenters. The summed E-state index contributed by atoms with van der Waals surface area (Å²) in [6.45, 7) is 4.54. The number of nitrogens with zero attached hydrogens (tertiary/aromatic N) is 3. The lowest BCUT2D eigenvalue weighted by Gasteiger charge is -2.34. The van der Waals surface area contributed by atoms with Crippen LogP contribution in [0.4, 0.5) is 4.39 Å². The van der Waals surface area contributed by atoms with Crippen LogP contribution in [0, 0.1) is 5.82 Å². The van der Waals surface area contributed by atoms with Crippen LogP contribution in [0.2, 0.25) is 0 Å². The van der Waals surface area contributed by atoms with Gasteiger partial charge in [0, 0.05) is 45.4 Å². The van der Waals surface area contributed by atoms with Crippen LogP contribution in [0.25, 0.3) is 11.3 Å². The average molecular weight is 332 g/mol. The third kappa shape index (κ3) is 3.63. The molecule has 0 aliphatic carbocycles. The largest absolute Gasteiger partial charge is 0.383 e. The number of aromatic amines is 1. The minimum Gasteiger partial charge on any atom is -0.383 e. The number of piperazine rings is 1. The number of benzene rings is 1. The van der Waals surface area contributed by atoms with E-state index in [4.69, 9.17) is 4.74 Å². The molecule has 1 aromatic carbocycles. The molecule has 0 bridgehead atoms. The van der Waals surface area contributed by atoms with Crippen LogP contribution >= 0.6 is 0 Å². The van der Waals surface area contributed by atoms with Crippen LogP contribution in [0.1, 0.15) is 10.4 Å². The van der Waals surface area contributed by atoms with E-state index in [0.717, 1.165) is 19.6 Å². The van der Waals surface area contributed by atoms with E-state index < -0.39 is 0 Å². The molecule has 1 fully saturated rings. The average Bonchev–Trinajstić information content (AvgIpc) is 3.09. The van der Waals surface area contributed by atoms with Crippen molar-refractivity contribution in [2.45, 2.75) is 0 Å². The van der Waals surface area contributed by atoms with E-state index in [0.29, 0.717) is 36.5 Å². The summed E-state index contributed by atoms with van der Waals surface area (Å²) in [6.07, 6.45) is 1.51. The topological polar surface area (TPSA) is 61.5 Å². The summed E-state index contributed by atoms with van der Waals surface area (Å²) in [5, 5.41) is 6.79. The molecule has 3 rings (SSSR count). The van der Waals surface area contributed by atoms with E-state index >= 15 is 0 Å². The summed E-state index contributed by atoms with van der Waals surface area (Å²) < 4.78 is 18.5. The van der Waals surface area contributed by atoms with Crippen molar-refractivity contribution in [1.82, 2.24) is 20.0 Å². The summed E-state index contributed by atoms with van der Waals surface area (Å²) in [5.41, 5.74) is 1.65. The van der Waals surface area contributed by atoms with Gasteiger partial charge in [0.25, 0.3) is 5.91 Å². The van der Waals surface area contributed by atoms with Crippen LogP contribution in [0.5, 0.6) is 0 Å². The number of hydrogen-bond donors (Lipinski definition) is 1. The van der Waals surface area contributed by atoms with Crippen molar-refractivity contribution in [2.24, 2.45) is 0 Å². The van der Waals surface area contributed by atoms with E-state index in [2.05, 4.69) is 15.1 Å². The first-order chi connectivity index (χ1) is 11.7. The summed E-state index contributed by atoms with van der Waals surface area (Å²) in [5.74, 6) is -0.415. The lowest BCUT2D eigenvalue weighted by Crippen LogP contribution is -2.49. The van der Waals surface area contributed by atoms with E-state index in [9.17, 15) is 9.18 Å². The highest BCUT2D eigenvalue weighted by atomic mass is 19.1. The van der Waals surface area contributed by atoms with Gasteiger partial charge in [-0.05, 0) is 12.1 Å². The molecule has 0 radical (unpaired) electrons. The van der Waals surface area contributed by atoms with Crippen molar-refractivity contribution in [3.05, 3.63) is 41.8 Å². The van der Waals surface area contributed by atoms with Crippen molar-refractivity contribution in [2.75, 3.05) is 46.4 Å². The first kappa shape index (κ1) is 16.6. The fraction of sp³-hybridized carbons (Fsp3) is 0.412. The molecule has 0 spiro atoms. The fourth-order valence-electron chi connectivity index (χ4n) is 2.88. The second-order valence-electron chi connectivity index (χ2n) is 5.80. The highest BCUT2D eigenvalue weighted by molar-refractivity contribution is 5.99. The molecule has 128 valence electrons. The minimum atomic E-state index is -0.341. The van der Waals surface area contributed by atoms with Crippen LogP contribution < -0.4 is 0 Å². The lowest BCUT2D eigenvalue weighted by molar-refractivity contribution is 0.0595. The molecule has 1 amide bonds. The molecule has 0 saturated carbocycles. The number of rotatable bonds is 5. The number of H-pyrrole nitrogens is 1. The summed E-state index contributed by atoms with van der Waals surface area (Å²) in [7, 11) is 1.69. The summed E-state index contributed by atoms with van der Waals surface area (Å²) >= 11 is 0. The zero-order valence-corrected chi connectivity index (χ0v) is 13.7. The standard InChI is InChI=1S/C17H21FN4O2/c1-24-10-9-21-5-7-22(8-6-21)17(23)15-12-19-20-16(15)13-3-2-4-14(18)11-13/h2-4,11-12H,5-10H2,1H3,(H,19,20). The van der Waals surface area contributed by atoms with Crippen LogP contribution in [-0.2, 0) is 4.74 Å².